The van der Waals surface area contributed by atoms with E-state index in [1.54, 1.807) is 23.6 Å². The van der Waals surface area contributed by atoms with Crippen LogP contribution in [-0.4, -0.2) is 22.6 Å². The first-order chi connectivity index (χ1) is 10.5. The number of carbonyl (C=O) groups excluding carboxylic acids is 2. The summed E-state index contributed by atoms with van der Waals surface area (Å²) in [7, 11) is 0. The van der Waals surface area contributed by atoms with E-state index >= 15 is 0 Å². The van der Waals surface area contributed by atoms with Gasteiger partial charge in [0.25, 0.3) is 0 Å². The largest absolute Gasteiger partial charge is 0.369 e. The standard InChI is InChI=1S/C14H14FN3O2S2/c15-10-3-1-2-4-11(10)21-6-5-13(20)18-14-17-9(8-22-14)7-12(16)19/h1-4,8H,5-7H2,(H2,16,19)(H,17,18,20). The molecule has 22 heavy (non-hydrogen) atoms. The quantitative estimate of drug-likeness (QED) is 0.759. The highest BCUT2D eigenvalue weighted by atomic mass is 32.2. The fourth-order valence-corrected chi connectivity index (χ4v) is 3.24. The molecule has 0 unspecified atom stereocenters. The van der Waals surface area contributed by atoms with Gasteiger partial charge in [0.15, 0.2) is 5.13 Å². The minimum absolute atomic E-state index is 0.0511. The lowest BCUT2D eigenvalue weighted by Crippen LogP contribution is -2.14. The van der Waals surface area contributed by atoms with Gasteiger partial charge in [-0.05, 0) is 12.1 Å². The van der Waals surface area contributed by atoms with Crippen LogP contribution in [0.1, 0.15) is 12.1 Å². The minimum Gasteiger partial charge on any atom is -0.369 e. The molecule has 0 aliphatic rings. The van der Waals surface area contributed by atoms with Crippen LogP contribution in [0, 0.1) is 5.82 Å². The molecular weight excluding hydrogens is 325 g/mol. The maximum atomic E-state index is 13.4. The van der Waals surface area contributed by atoms with E-state index in [4.69, 9.17) is 5.73 Å². The highest BCUT2D eigenvalue weighted by molar-refractivity contribution is 7.99. The van der Waals surface area contributed by atoms with Gasteiger partial charge in [-0.1, -0.05) is 12.1 Å². The molecule has 0 bridgehead atoms. The van der Waals surface area contributed by atoms with Gasteiger partial charge in [0.2, 0.25) is 11.8 Å². The number of hydrogen-bond donors (Lipinski definition) is 2. The van der Waals surface area contributed by atoms with Crippen molar-refractivity contribution in [2.24, 2.45) is 5.73 Å². The Labute approximate surface area is 135 Å². The monoisotopic (exact) mass is 339 g/mol. The fraction of sp³-hybridized carbons (Fsp3) is 0.214. The summed E-state index contributed by atoms with van der Waals surface area (Å²) in [5.74, 6) is -0.496. The van der Waals surface area contributed by atoms with Gasteiger partial charge < -0.3 is 11.1 Å². The first-order valence-electron chi connectivity index (χ1n) is 6.44. The van der Waals surface area contributed by atoms with Crippen molar-refractivity contribution in [3.8, 4) is 0 Å². The smallest absolute Gasteiger partial charge is 0.226 e. The SMILES string of the molecule is NC(=O)Cc1csc(NC(=O)CCSc2ccccc2F)n1. The molecule has 0 saturated carbocycles. The fourth-order valence-electron chi connectivity index (χ4n) is 1.62. The number of rotatable bonds is 7. The zero-order chi connectivity index (χ0) is 15.9. The first kappa shape index (κ1) is 16.4. The van der Waals surface area contributed by atoms with Gasteiger partial charge >= 0.3 is 0 Å². The average Bonchev–Trinajstić information content (AvgIpc) is 2.87. The Morgan fingerprint density at radius 2 is 2.14 bits per heavy atom. The number of anilines is 1. The molecule has 2 amide bonds. The molecule has 0 aliphatic heterocycles. The molecule has 0 spiro atoms. The molecule has 2 aromatic rings. The molecule has 0 radical (unpaired) electrons. The molecule has 5 nitrogen and oxygen atoms in total. The van der Waals surface area contributed by atoms with Crippen molar-refractivity contribution in [2.45, 2.75) is 17.7 Å². The summed E-state index contributed by atoms with van der Waals surface area (Å²) < 4.78 is 13.4. The highest BCUT2D eigenvalue weighted by Crippen LogP contribution is 2.22. The maximum absolute atomic E-state index is 13.4. The van der Waals surface area contributed by atoms with E-state index in [-0.39, 0.29) is 24.6 Å². The van der Waals surface area contributed by atoms with Gasteiger partial charge in [-0.2, -0.15) is 0 Å². The molecular formula is C14H14FN3O2S2. The van der Waals surface area contributed by atoms with Gasteiger partial charge in [-0.15, -0.1) is 23.1 Å². The minimum atomic E-state index is -0.468. The van der Waals surface area contributed by atoms with Crippen molar-refractivity contribution >= 4 is 40.0 Å². The average molecular weight is 339 g/mol. The number of thiazole rings is 1. The van der Waals surface area contributed by atoms with Crippen molar-refractivity contribution in [3.05, 3.63) is 41.2 Å². The number of benzene rings is 1. The molecule has 1 aromatic carbocycles. The zero-order valence-corrected chi connectivity index (χ0v) is 13.2. The molecule has 116 valence electrons. The molecule has 3 N–H and O–H groups in total. The van der Waals surface area contributed by atoms with Crippen molar-refractivity contribution < 1.29 is 14.0 Å². The van der Waals surface area contributed by atoms with E-state index in [9.17, 15) is 14.0 Å². The van der Waals surface area contributed by atoms with Crippen molar-refractivity contribution in [3.63, 3.8) is 0 Å². The lowest BCUT2D eigenvalue weighted by atomic mass is 10.3. The molecule has 8 heteroatoms. The van der Waals surface area contributed by atoms with Crippen LogP contribution in [0.25, 0.3) is 0 Å². The summed E-state index contributed by atoms with van der Waals surface area (Å²) in [6.07, 6.45) is 0.291. The van der Waals surface area contributed by atoms with E-state index in [2.05, 4.69) is 10.3 Å². The number of primary amides is 1. The first-order valence-corrected chi connectivity index (χ1v) is 8.31. The molecule has 2 rings (SSSR count). The van der Waals surface area contributed by atoms with Crippen LogP contribution >= 0.6 is 23.1 Å². The lowest BCUT2D eigenvalue weighted by Gasteiger charge is -2.03. The van der Waals surface area contributed by atoms with E-state index < -0.39 is 5.91 Å². The number of nitrogens with one attached hydrogen (secondary N) is 1. The Bertz CT molecular complexity index is 676. The van der Waals surface area contributed by atoms with Gasteiger partial charge in [-0.25, -0.2) is 9.37 Å². The number of hydrogen-bond acceptors (Lipinski definition) is 5. The number of carbonyl (C=O) groups is 2. The highest BCUT2D eigenvalue weighted by Gasteiger charge is 2.09. The second-order valence-electron chi connectivity index (χ2n) is 4.36. The van der Waals surface area contributed by atoms with E-state index in [1.807, 2.05) is 0 Å². The summed E-state index contributed by atoms with van der Waals surface area (Å²) in [5, 5.41) is 4.75. The predicted octanol–water partition coefficient (Wildman–Crippen LogP) is 2.43. The Morgan fingerprint density at radius 3 is 2.86 bits per heavy atom. The maximum Gasteiger partial charge on any atom is 0.226 e. The van der Waals surface area contributed by atoms with Crippen molar-refractivity contribution in [1.82, 2.24) is 4.98 Å². The second-order valence-corrected chi connectivity index (χ2v) is 6.36. The summed E-state index contributed by atoms with van der Waals surface area (Å²) in [5.41, 5.74) is 5.61. The summed E-state index contributed by atoms with van der Waals surface area (Å²) in [6.45, 7) is 0. The summed E-state index contributed by atoms with van der Waals surface area (Å²) in [6, 6.07) is 6.44. The normalized spacial score (nSPS) is 10.4. The number of amides is 2. The third kappa shape index (κ3) is 5.12. The molecule has 0 atom stereocenters. The van der Waals surface area contributed by atoms with Crippen LogP contribution in [0.3, 0.4) is 0 Å². The molecule has 0 aliphatic carbocycles. The predicted molar refractivity (Wildman–Crippen MR) is 85.4 cm³/mol. The van der Waals surface area contributed by atoms with Gasteiger partial charge in [0, 0.05) is 22.4 Å². The zero-order valence-electron chi connectivity index (χ0n) is 11.5. The molecule has 0 fully saturated rings. The van der Waals surface area contributed by atoms with Crippen molar-refractivity contribution in [2.75, 3.05) is 11.1 Å². The van der Waals surface area contributed by atoms with Crippen LogP contribution in [0.15, 0.2) is 34.5 Å². The molecule has 0 saturated heterocycles. The van der Waals surface area contributed by atoms with Crippen molar-refractivity contribution in [1.29, 1.82) is 0 Å². The van der Waals surface area contributed by atoms with Gasteiger partial charge in [-0.3, -0.25) is 9.59 Å². The molecule has 1 aromatic heterocycles. The molecule has 1 heterocycles. The third-order valence-corrected chi connectivity index (χ3v) is 4.43. The van der Waals surface area contributed by atoms with E-state index in [1.165, 1.54) is 29.2 Å². The van der Waals surface area contributed by atoms with E-state index in [0.717, 1.165) is 0 Å². The number of aromatic nitrogens is 1. The Kier molecular flexibility index (Phi) is 5.91. The van der Waals surface area contributed by atoms with Crippen LogP contribution in [0.5, 0.6) is 0 Å². The van der Waals surface area contributed by atoms with Crippen LogP contribution in [-0.2, 0) is 16.0 Å². The summed E-state index contributed by atoms with van der Waals surface area (Å²) >= 11 is 2.52. The van der Waals surface area contributed by atoms with Crippen LogP contribution in [0.4, 0.5) is 9.52 Å². The number of nitrogens with zero attached hydrogens (tertiary/aromatic N) is 1. The topological polar surface area (TPSA) is 85.1 Å². The van der Waals surface area contributed by atoms with Crippen LogP contribution < -0.4 is 11.1 Å². The number of halogens is 1. The lowest BCUT2D eigenvalue weighted by molar-refractivity contribution is -0.117. The third-order valence-electron chi connectivity index (χ3n) is 2.58. The van der Waals surface area contributed by atoms with Crippen LogP contribution in [0.2, 0.25) is 0 Å². The van der Waals surface area contributed by atoms with E-state index in [0.29, 0.717) is 21.5 Å². The van der Waals surface area contributed by atoms with Gasteiger partial charge in [0.05, 0.1) is 12.1 Å². The second kappa shape index (κ2) is 7.90. The Balaban J connectivity index is 1.77. The van der Waals surface area contributed by atoms with Gasteiger partial charge in [0.1, 0.15) is 5.82 Å². The Hall–Kier alpha value is -1.93. The Morgan fingerprint density at radius 1 is 1.36 bits per heavy atom. The summed E-state index contributed by atoms with van der Waals surface area (Å²) in [4.78, 5) is 27.2. The number of thioether (sulfide) groups is 1. The number of nitrogens with two attached hydrogens (primary N) is 1.